The molecule has 1 aromatic heterocycles. The predicted molar refractivity (Wildman–Crippen MR) is 89.7 cm³/mol. The molecule has 5 nitrogen and oxygen atoms in total. The average Bonchev–Trinajstić information content (AvgIpc) is 2.83. The lowest BCUT2D eigenvalue weighted by Gasteiger charge is -2.32. The second kappa shape index (κ2) is 6.12. The van der Waals surface area contributed by atoms with E-state index in [1.165, 1.54) is 6.08 Å². The third kappa shape index (κ3) is 4.16. The SMILES string of the molecule is CC1CS(=O)(=O)CCN1C(=O)/C=C/c1cnc(C(C)(C)C)s1. The highest BCUT2D eigenvalue weighted by molar-refractivity contribution is 7.91. The molecule has 0 aromatic carbocycles. The van der Waals surface area contributed by atoms with Gasteiger partial charge in [-0.25, -0.2) is 13.4 Å². The Balaban J connectivity index is 2.04. The molecule has 1 aliphatic rings. The van der Waals surface area contributed by atoms with E-state index < -0.39 is 9.84 Å². The molecule has 1 aliphatic heterocycles. The first-order chi connectivity index (χ1) is 10.1. The zero-order valence-electron chi connectivity index (χ0n) is 13.4. The van der Waals surface area contributed by atoms with E-state index >= 15 is 0 Å². The lowest BCUT2D eigenvalue weighted by atomic mass is 9.98. The summed E-state index contributed by atoms with van der Waals surface area (Å²) in [5, 5.41) is 1.03. The fourth-order valence-electron chi connectivity index (χ4n) is 2.29. The second-order valence-electron chi connectivity index (χ2n) is 6.65. The van der Waals surface area contributed by atoms with Crippen molar-refractivity contribution in [3.8, 4) is 0 Å². The van der Waals surface area contributed by atoms with Gasteiger partial charge in [0.25, 0.3) is 0 Å². The highest BCUT2D eigenvalue weighted by Crippen LogP contribution is 2.27. The maximum atomic E-state index is 12.2. The summed E-state index contributed by atoms with van der Waals surface area (Å²) in [5.41, 5.74) is -0.00346. The zero-order chi connectivity index (χ0) is 16.5. The van der Waals surface area contributed by atoms with E-state index in [0.717, 1.165) is 9.88 Å². The molecule has 2 rings (SSSR count). The largest absolute Gasteiger partial charge is 0.334 e. The Bertz CT molecular complexity index is 684. The van der Waals surface area contributed by atoms with Crippen LogP contribution in [0.3, 0.4) is 0 Å². The third-order valence-corrected chi connectivity index (χ3v) is 6.69. The van der Waals surface area contributed by atoms with Gasteiger partial charge in [0.15, 0.2) is 9.84 Å². The molecule has 1 saturated heterocycles. The Kier molecular flexibility index (Phi) is 4.77. The molecule has 122 valence electrons. The molecule has 1 unspecified atom stereocenters. The summed E-state index contributed by atoms with van der Waals surface area (Å²) < 4.78 is 23.1. The number of carbonyl (C=O) groups is 1. The summed E-state index contributed by atoms with van der Waals surface area (Å²) in [6.45, 7) is 8.33. The number of nitrogens with zero attached hydrogens (tertiary/aromatic N) is 2. The Labute approximate surface area is 136 Å². The average molecular weight is 342 g/mol. The minimum atomic E-state index is -3.00. The lowest BCUT2D eigenvalue weighted by Crippen LogP contribution is -2.49. The molecule has 0 aliphatic carbocycles. The monoisotopic (exact) mass is 342 g/mol. The van der Waals surface area contributed by atoms with Crippen molar-refractivity contribution in [1.82, 2.24) is 9.88 Å². The summed E-state index contributed by atoms with van der Waals surface area (Å²) in [7, 11) is -3.00. The first-order valence-electron chi connectivity index (χ1n) is 7.24. The number of carbonyl (C=O) groups excluding carboxylic acids is 1. The van der Waals surface area contributed by atoms with Gasteiger partial charge in [-0.1, -0.05) is 20.8 Å². The number of hydrogen-bond donors (Lipinski definition) is 0. The number of sulfone groups is 1. The summed E-state index contributed by atoms with van der Waals surface area (Å²) >= 11 is 1.56. The highest BCUT2D eigenvalue weighted by atomic mass is 32.2. The molecule has 0 spiro atoms. The molecule has 1 amide bonds. The van der Waals surface area contributed by atoms with Crippen molar-refractivity contribution < 1.29 is 13.2 Å². The fraction of sp³-hybridized carbons (Fsp3) is 0.600. The number of thiazole rings is 1. The smallest absolute Gasteiger partial charge is 0.246 e. The summed E-state index contributed by atoms with van der Waals surface area (Å²) in [5.74, 6) is -0.0550. The van der Waals surface area contributed by atoms with Crippen LogP contribution in [0.15, 0.2) is 12.3 Å². The van der Waals surface area contributed by atoms with Crippen LogP contribution in [0.4, 0.5) is 0 Å². The Morgan fingerprint density at radius 1 is 1.45 bits per heavy atom. The minimum absolute atomic E-state index is 0.00346. The summed E-state index contributed by atoms with van der Waals surface area (Å²) in [6, 6.07) is -0.275. The molecule has 0 N–H and O–H groups in total. The van der Waals surface area contributed by atoms with Gasteiger partial charge < -0.3 is 4.90 Å². The van der Waals surface area contributed by atoms with Crippen LogP contribution in [0.2, 0.25) is 0 Å². The highest BCUT2D eigenvalue weighted by Gasteiger charge is 2.30. The third-order valence-electron chi connectivity index (χ3n) is 3.51. The van der Waals surface area contributed by atoms with Crippen molar-refractivity contribution in [3.05, 3.63) is 22.2 Å². The van der Waals surface area contributed by atoms with Crippen LogP contribution in [-0.4, -0.2) is 48.3 Å². The van der Waals surface area contributed by atoms with Crippen LogP contribution in [0, 0.1) is 0 Å². The molecule has 0 radical (unpaired) electrons. The fourth-order valence-corrected chi connectivity index (χ4v) is 4.72. The van der Waals surface area contributed by atoms with Crippen LogP contribution < -0.4 is 0 Å². The van der Waals surface area contributed by atoms with E-state index in [0.29, 0.717) is 0 Å². The maximum Gasteiger partial charge on any atom is 0.246 e. The molecule has 22 heavy (non-hydrogen) atoms. The molecule has 0 bridgehead atoms. The molecular weight excluding hydrogens is 320 g/mol. The van der Waals surface area contributed by atoms with E-state index in [-0.39, 0.29) is 35.4 Å². The van der Waals surface area contributed by atoms with Gasteiger partial charge in [0.1, 0.15) is 0 Å². The molecule has 2 heterocycles. The van der Waals surface area contributed by atoms with Gasteiger partial charge in [0.2, 0.25) is 5.91 Å². The molecule has 0 saturated carbocycles. The van der Waals surface area contributed by atoms with Crippen LogP contribution in [-0.2, 0) is 20.0 Å². The molecule has 7 heteroatoms. The normalized spacial score (nSPS) is 22.2. The van der Waals surface area contributed by atoms with Crippen LogP contribution in [0.25, 0.3) is 6.08 Å². The zero-order valence-corrected chi connectivity index (χ0v) is 15.0. The standard InChI is InChI=1S/C15H22N2O3S2/c1-11-10-22(19,20)8-7-17(11)13(18)6-5-12-9-16-14(21-12)15(2,3)4/h5-6,9,11H,7-8,10H2,1-4H3/b6-5+. The van der Waals surface area contributed by atoms with Crippen molar-refractivity contribution in [2.24, 2.45) is 0 Å². The van der Waals surface area contributed by atoms with Gasteiger partial charge in [-0.2, -0.15) is 0 Å². The Hall–Kier alpha value is -1.21. The van der Waals surface area contributed by atoms with Crippen molar-refractivity contribution in [2.45, 2.75) is 39.2 Å². The van der Waals surface area contributed by atoms with Gasteiger partial charge in [0, 0.05) is 35.2 Å². The Morgan fingerprint density at radius 3 is 2.68 bits per heavy atom. The summed E-state index contributed by atoms with van der Waals surface area (Å²) in [4.78, 5) is 19.1. The van der Waals surface area contributed by atoms with Gasteiger partial charge in [-0.15, -0.1) is 11.3 Å². The van der Waals surface area contributed by atoms with Crippen molar-refractivity contribution in [3.63, 3.8) is 0 Å². The number of aromatic nitrogens is 1. The predicted octanol–water partition coefficient (Wildman–Crippen LogP) is 2.10. The van der Waals surface area contributed by atoms with E-state index in [1.807, 2.05) is 0 Å². The molecule has 1 aromatic rings. The topological polar surface area (TPSA) is 67.3 Å². The maximum absolute atomic E-state index is 12.2. The van der Waals surface area contributed by atoms with Gasteiger partial charge in [0.05, 0.1) is 16.5 Å². The van der Waals surface area contributed by atoms with E-state index in [4.69, 9.17) is 0 Å². The lowest BCUT2D eigenvalue weighted by molar-refractivity contribution is -0.127. The van der Waals surface area contributed by atoms with E-state index in [1.54, 1.807) is 35.4 Å². The van der Waals surface area contributed by atoms with Gasteiger partial charge >= 0.3 is 0 Å². The second-order valence-corrected chi connectivity index (χ2v) is 9.94. The van der Waals surface area contributed by atoms with E-state index in [2.05, 4.69) is 25.8 Å². The molecular formula is C15H22N2O3S2. The van der Waals surface area contributed by atoms with E-state index in [9.17, 15) is 13.2 Å². The number of rotatable bonds is 2. The van der Waals surface area contributed by atoms with Gasteiger partial charge in [-0.3, -0.25) is 4.79 Å². The van der Waals surface area contributed by atoms with Crippen LogP contribution in [0.1, 0.15) is 37.6 Å². The molecule has 1 fully saturated rings. The van der Waals surface area contributed by atoms with Crippen molar-refractivity contribution in [2.75, 3.05) is 18.1 Å². The summed E-state index contributed by atoms with van der Waals surface area (Å²) in [6.07, 6.45) is 5.03. The first-order valence-corrected chi connectivity index (χ1v) is 9.88. The number of hydrogen-bond acceptors (Lipinski definition) is 5. The van der Waals surface area contributed by atoms with Crippen molar-refractivity contribution >= 4 is 33.2 Å². The molecule has 1 atom stereocenters. The van der Waals surface area contributed by atoms with Crippen LogP contribution >= 0.6 is 11.3 Å². The van der Waals surface area contributed by atoms with Gasteiger partial charge in [-0.05, 0) is 13.0 Å². The minimum Gasteiger partial charge on any atom is -0.334 e. The quantitative estimate of drug-likeness (QED) is 0.772. The van der Waals surface area contributed by atoms with Crippen molar-refractivity contribution in [1.29, 1.82) is 0 Å². The van der Waals surface area contributed by atoms with Crippen LogP contribution in [0.5, 0.6) is 0 Å². The Morgan fingerprint density at radius 2 is 2.14 bits per heavy atom. The number of amides is 1. The first kappa shape index (κ1) is 17.1.